The minimum absolute atomic E-state index is 0.0605. The second-order valence-corrected chi connectivity index (χ2v) is 7.31. The number of hydrogen-bond acceptors (Lipinski definition) is 4. The summed E-state index contributed by atoms with van der Waals surface area (Å²) in [5, 5.41) is 13.5. The van der Waals surface area contributed by atoms with Gasteiger partial charge in [-0.25, -0.2) is 0 Å². The van der Waals surface area contributed by atoms with Gasteiger partial charge in [0.25, 0.3) is 11.5 Å². The summed E-state index contributed by atoms with van der Waals surface area (Å²) in [6.45, 7) is 0.132. The summed E-state index contributed by atoms with van der Waals surface area (Å²) in [4.78, 5) is 26.9. The number of aromatic hydroxyl groups is 1. The van der Waals surface area contributed by atoms with Gasteiger partial charge in [0.05, 0.1) is 5.56 Å². The summed E-state index contributed by atoms with van der Waals surface area (Å²) in [6, 6.07) is 8.11. The lowest BCUT2D eigenvalue weighted by molar-refractivity contribution is -0.274. The highest BCUT2D eigenvalue weighted by Gasteiger charge is 2.31. The van der Waals surface area contributed by atoms with Gasteiger partial charge in [-0.2, -0.15) is 0 Å². The molecular formula is C20H15Cl2F3N2O4. The maximum absolute atomic E-state index is 12.6. The molecule has 0 spiro atoms. The number of rotatable bonds is 6. The fourth-order valence-corrected chi connectivity index (χ4v) is 3.60. The van der Waals surface area contributed by atoms with Crippen LogP contribution >= 0.6 is 23.2 Å². The molecule has 11 heteroatoms. The fourth-order valence-electron chi connectivity index (χ4n) is 3.02. The first-order valence-corrected chi connectivity index (χ1v) is 9.68. The highest BCUT2D eigenvalue weighted by Crippen LogP contribution is 2.29. The summed E-state index contributed by atoms with van der Waals surface area (Å²) in [5.41, 5.74) is -0.643. The molecule has 0 radical (unpaired) electrons. The minimum atomic E-state index is -4.94. The molecule has 0 saturated carbocycles. The zero-order chi connectivity index (χ0) is 22.8. The largest absolute Gasteiger partial charge is 0.573 e. The van der Waals surface area contributed by atoms with Crippen molar-refractivity contribution in [2.24, 2.45) is 0 Å². The highest BCUT2D eigenvalue weighted by atomic mass is 35.5. The number of alkyl halides is 3. The number of nitrogens with one attached hydrogen (secondary N) is 2. The lowest BCUT2D eigenvalue weighted by atomic mass is 10.1. The molecule has 1 heterocycles. The van der Waals surface area contributed by atoms with Crippen molar-refractivity contribution in [2.45, 2.75) is 19.2 Å². The van der Waals surface area contributed by atoms with Gasteiger partial charge in [-0.05, 0) is 48.7 Å². The number of fused-ring (bicyclic) bond motifs is 1. The molecule has 31 heavy (non-hydrogen) atoms. The second-order valence-electron chi connectivity index (χ2n) is 6.49. The van der Waals surface area contributed by atoms with Crippen molar-refractivity contribution in [2.75, 3.05) is 6.54 Å². The van der Waals surface area contributed by atoms with Gasteiger partial charge in [-0.1, -0.05) is 29.3 Å². The Morgan fingerprint density at radius 3 is 2.48 bits per heavy atom. The van der Waals surface area contributed by atoms with E-state index in [1.165, 1.54) is 0 Å². The van der Waals surface area contributed by atoms with Gasteiger partial charge >= 0.3 is 6.36 Å². The Bertz CT molecular complexity index is 1180. The normalized spacial score (nSPS) is 11.5. The Hall–Kier alpha value is -2.91. The number of carbonyl (C=O) groups is 1. The average Bonchev–Trinajstić information content (AvgIpc) is 2.67. The number of amides is 1. The van der Waals surface area contributed by atoms with Crippen LogP contribution in [0.4, 0.5) is 13.2 Å². The van der Waals surface area contributed by atoms with Gasteiger partial charge in [-0.3, -0.25) is 9.59 Å². The number of aromatic amines is 1. The third kappa shape index (κ3) is 5.42. The van der Waals surface area contributed by atoms with Crippen molar-refractivity contribution in [1.29, 1.82) is 0 Å². The molecule has 0 unspecified atom stereocenters. The van der Waals surface area contributed by atoms with E-state index in [4.69, 9.17) is 23.2 Å². The van der Waals surface area contributed by atoms with Crippen LogP contribution in [0.2, 0.25) is 10.0 Å². The van der Waals surface area contributed by atoms with E-state index in [1.807, 2.05) is 0 Å². The monoisotopic (exact) mass is 474 g/mol. The van der Waals surface area contributed by atoms with Crippen molar-refractivity contribution in [1.82, 2.24) is 10.3 Å². The second kappa shape index (κ2) is 9.07. The molecule has 3 aromatic rings. The summed E-state index contributed by atoms with van der Waals surface area (Å²) in [5.74, 6) is -2.35. The van der Waals surface area contributed by atoms with Crippen LogP contribution in [0.15, 0.2) is 41.2 Å². The van der Waals surface area contributed by atoms with Crippen LogP contribution in [0.3, 0.4) is 0 Å². The van der Waals surface area contributed by atoms with Gasteiger partial charge in [0.15, 0.2) is 5.75 Å². The quantitative estimate of drug-likeness (QED) is 0.447. The lowest BCUT2D eigenvalue weighted by Crippen LogP contribution is -2.27. The average molecular weight is 475 g/mol. The van der Waals surface area contributed by atoms with Crippen LogP contribution < -0.4 is 15.6 Å². The SMILES string of the molecule is O=C(NCCCc1c(Cl)cccc1Cl)c1c(O)c(=O)[nH]c2ccc(OC(F)(F)F)cc12. The first-order valence-electron chi connectivity index (χ1n) is 8.92. The predicted molar refractivity (Wildman–Crippen MR) is 110 cm³/mol. The van der Waals surface area contributed by atoms with Crippen LogP contribution in [0.5, 0.6) is 11.5 Å². The molecule has 0 atom stereocenters. The van der Waals surface area contributed by atoms with E-state index in [-0.39, 0.29) is 17.4 Å². The molecule has 6 nitrogen and oxygen atoms in total. The van der Waals surface area contributed by atoms with Crippen molar-refractivity contribution >= 4 is 40.0 Å². The number of hydrogen-bond donors (Lipinski definition) is 3. The Labute approximate surface area is 183 Å². The van der Waals surface area contributed by atoms with Gasteiger partial charge < -0.3 is 20.1 Å². The molecule has 3 N–H and O–H groups in total. The number of pyridine rings is 1. The highest BCUT2D eigenvalue weighted by molar-refractivity contribution is 6.36. The number of H-pyrrole nitrogens is 1. The van der Waals surface area contributed by atoms with Gasteiger partial charge in [0.1, 0.15) is 5.75 Å². The Morgan fingerprint density at radius 1 is 1.16 bits per heavy atom. The molecule has 2 aromatic carbocycles. The van der Waals surface area contributed by atoms with E-state index < -0.39 is 34.9 Å². The number of benzene rings is 2. The van der Waals surface area contributed by atoms with E-state index in [1.54, 1.807) is 18.2 Å². The zero-order valence-corrected chi connectivity index (χ0v) is 17.2. The predicted octanol–water partition coefficient (Wildman–Crippen LogP) is 4.80. The van der Waals surface area contributed by atoms with Gasteiger partial charge in [0.2, 0.25) is 0 Å². The third-order valence-electron chi connectivity index (χ3n) is 4.37. The topological polar surface area (TPSA) is 91.4 Å². The van der Waals surface area contributed by atoms with Crippen LogP contribution in [0.1, 0.15) is 22.3 Å². The molecule has 0 fully saturated rings. The molecular weight excluding hydrogens is 460 g/mol. The lowest BCUT2D eigenvalue weighted by Gasteiger charge is -2.13. The van der Waals surface area contributed by atoms with Crippen LogP contribution in [0.25, 0.3) is 10.9 Å². The Balaban J connectivity index is 1.81. The maximum atomic E-state index is 12.6. The Kier molecular flexibility index (Phi) is 6.66. The number of halogens is 5. The summed E-state index contributed by atoms with van der Waals surface area (Å²) in [6.07, 6.45) is -4.07. The molecule has 0 aliphatic rings. The van der Waals surface area contributed by atoms with E-state index in [0.717, 1.165) is 18.2 Å². The summed E-state index contributed by atoms with van der Waals surface area (Å²) in [7, 11) is 0. The van der Waals surface area contributed by atoms with Crippen molar-refractivity contribution < 1.29 is 27.8 Å². The zero-order valence-electron chi connectivity index (χ0n) is 15.6. The first-order chi connectivity index (χ1) is 14.6. The van der Waals surface area contributed by atoms with Crippen LogP contribution in [-0.2, 0) is 6.42 Å². The van der Waals surface area contributed by atoms with Gasteiger partial charge in [0, 0.05) is 27.5 Å². The smallest absolute Gasteiger partial charge is 0.502 e. The number of carbonyl (C=O) groups excluding carboxylic acids is 1. The van der Waals surface area contributed by atoms with Crippen molar-refractivity contribution in [3.8, 4) is 11.5 Å². The molecule has 0 saturated heterocycles. The molecule has 1 aromatic heterocycles. The maximum Gasteiger partial charge on any atom is 0.573 e. The molecule has 0 aliphatic carbocycles. The summed E-state index contributed by atoms with van der Waals surface area (Å²) >= 11 is 12.2. The molecule has 0 aliphatic heterocycles. The molecule has 164 valence electrons. The van der Waals surface area contributed by atoms with E-state index in [9.17, 15) is 27.9 Å². The molecule has 3 rings (SSSR count). The van der Waals surface area contributed by atoms with Crippen molar-refractivity contribution in [3.63, 3.8) is 0 Å². The van der Waals surface area contributed by atoms with Crippen LogP contribution in [0, 0.1) is 0 Å². The number of ether oxygens (including phenoxy) is 1. The molecule has 0 bridgehead atoms. The molecule has 1 amide bonds. The standard InChI is InChI=1S/C20H15Cl2F3N2O4/c21-13-4-1-5-14(22)11(13)3-2-8-26-18(29)16-12-9-10(31-20(23,24)25)6-7-15(12)27-19(30)17(16)28/h1,4-7,9,28H,2-3,8H2,(H,26,29)(H,27,30). The number of aromatic nitrogens is 1. The minimum Gasteiger partial charge on any atom is -0.502 e. The van der Waals surface area contributed by atoms with E-state index in [0.29, 0.717) is 28.5 Å². The summed E-state index contributed by atoms with van der Waals surface area (Å²) < 4.78 is 41.4. The van der Waals surface area contributed by atoms with E-state index >= 15 is 0 Å². The van der Waals surface area contributed by atoms with Gasteiger partial charge in [-0.15, -0.1) is 13.2 Å². The van der Waals surface area contributed by atoms with Crippen molar-refractivity contribution in [3.05, 3.63) is 67.9 Å². The first kappa shape index (κ1) is 22.8. The third-order valence-corrected chi connectivity index (χ3v) is 5.08. The van der Waals surface area contributed by atoms with Crippen LogP contribution in [-0.4, -0.2) is 28.9 Å². The van der Waals surface area contributed by atoms with E-state index in [2.05, 4.69) is 15.0 Å². The Morgan fingerprint density at radius 2 is 1.84 bits per heavy atom. The fraction of sp³-hybridized carbons (Fsp3) is 0.200.